The third-order valence-corrected chi connectivity index (χ3v) is 2.64. The summed E-state index contributed by atoms with van der Waals surface area (Å²) in [7, 11) is 0. The SMILES string of the molecule is CC(C)(C)N1Cc2ccccc2NC1=O. The lowest BCUT2D eigenvalue weighted by molar-refractivity contribution is 0.149. The van der Waals surface area contributed by atoms with Gasteiger partial charge >= 0.3 is 6.03 Å². The van der Waals surface area contributed by atoms with Crippen molar-refractivity contribution in [1.82, 2.24) is 4.90 Å². The third kappa shape index (κ3) is 1.82. The number of benzene rings is 1. The molecule has 15 heavy (non-hydrogen) atoms. The Hall–Kier alpha value is -1.51. The Bertz CT molecular complexity index is 393. The Morgan fingerprint density at radius 2 is 1.93 bits per heavy atom. The van der Waals surface area contributed by atoms with Gasteiger partial charge in [0.1, 0.15) is 0 Å². The lowest BCUT2D eigenvalue weighted by atomic mass is 10.0. The van der Waals surface area contributed by atoms with Gasteiger partial charge in [0.2, 0.25) is 0 Å². The van der Waals surface area contributed by atoms with Crippen molar-refractivity contribution < 1.29 is 4.79 Å². The van der Waals surface area contributed by atoms with Gasteiger partial charge in [0.05, 0.1) is 0 Å². The molecule has 1 N–H and O–H groups in total. The molecular weight excluding hydrogens is 188 g/mol. The smallest absolute Gasteiger partial charge is 0.315 e. The first-order valence-electron chi connectivity index (χ1n) is 5.15. The number of urea groups is 1. The molecule has 1 aliphatic rings. The Morgan fingerprint density at radius 1 is 1.27 bits per heavy atom. The van der Waals surface area contributed by atoms with E-state index in [2.05, 4.69) is 5.32 Å². The highest BCUT2D eigenvalue weighted by molar-refractivity contribution is 5.92. The number of para-hydroxylation sites is 1. The Morgan fingerprint density at radius 3 is 2.60 bits per heavy atom. The number of nitrogens with one attached hydrogen (secondary N) is 1. The van der Waals surface area contributed by atoms with Gasteiger partial charge in [0, 0.05) is 17.8 Å². The molecule has 1 heterocycles. The molecule has 1 aliphatic heterocycles. The summed E-state index contributed by atoms with van der Waals surface area (Å²) < 4.78 is 0. The molecule has 0 saturated carbocycles. The highest BCUT2D eigenvalue weighted by Crippen LogP contribution is 2.27. The lowest BCUT2D eigenvalue weighted by Gasteiger charge is -2.39. The number of rotatable bonds is 0. The monoisotopic (exact) mass is 204 g/mol. The van der Waals surface area contributed by atoms with E-state index >= 15 is 0 Å². The maximum atomic E-state index is 11.8. The summed E-state index contributed by atoms with van der Waals surface area (Å²) in [5.41, 5.74) is 1.97. The molecule has 0 atom stereocenters. The number of anilines is 1. The van der Waals surface area contributed by atoms with Gasteiger partial charge in [-0.15, -0.1) is 0 Å². The van der Waals surface area contributed by atoms with Crippen molar-refractivity contribution in [2.24, 2.45) is 0 Å². The van der Waals surface area contributed by atoms with E-state index in [4.69, 9.17) is 0 Å². The highest BCUT2D eigenvalue weighted by Gasteiger charge is 2.30. The van der Waals surface area contributed by atoms with Gasteiger partial charge in [-0.25, -0.2) is 4.79 Å². The second kappa shape index (κ2) is 3.26. The number of fused-ring (bicyclic) bond motifs is 1. The molecule has 0 unspecified atom stereocenters. The normalized spacial score (nSPS) is 15.9. The lowest BCUT2D eigenvalue weighted by Crippen LogP contribution is -2.49. The number of carbonyl (C=O) groups is 1. The van der Waals surface area contributed by atoms with Crippen molar-refractivity contribution in [3.05, 3.63) is 29.8 Å². The van der Waals surface area contributed by atoms with Crippen LogP contribution in [0, 0.1) is 0 Å². The minimum Gasteiger partial charge on any atom is -0.315 e. The van der Waals surface area contributed by atoms with Crippen LogP contribution in [0.15, 0.2) is 24.3 Å². The van der Waals surface area contributed by atoms with Crippen LogP contribution < -0.4 is 5.32 Å². The molecule has 0 saturated heterocycles. The second-order valence-corrected chi connectivity index (χ2v) is 4.84. The summed E-state index contributed by atoms with van der Waals surface area (Å²) in [5.74, 6) is 0. The quantitative estimate of drug-likeness (QED) is 0.692. The van der Waals surface area contributed by atoms with Crippen molar-refractivity contribution in [3.8, 4) is 0 Å². The van der Waals surface area contributed by atoms with Gasteiger partial charge in [-0.2, -0.15) is 0 Å². The third-order valence-electron chi connectivity index (χ3n) is 2.64. The first kappa shape index (κ1) is 10.0. The molecule has 3 heteroatoms. The van der Waals surface area contributed by atoms with E-state index in [0.29, 0.717) is 6.54 Å². The molecule has 80 valence electrons. The maximum absolute atomic E-state index is 11.8. The fourth-order valence-corrected chi connectivity index (χ4v) is 1.75. The van der Waals surface area contributed by atoms with Gasteiger partial charge < -0.3 is 10.2 Å². The Kier molecular flexibility index (Phi) is 2.18. The van der Waals surface area contributed by atoms with Crippen LogP contribution in [0.2, 0.25) is 0 Å². The molecule has 0 radical (unpaired) electrons. The number of amides is 2. The van der Waals surface area contributed by atoms with E-state index in [1.54, 1.807) is 0 Å². The van der Waals surface area contributed by atoms with E-state index in [-0.39, 0.29) is 11.6 Å². The summed E-state index contributed by atoms with van der Waals surface area (Å²) in [6, 6.07) is 7.91. The van der Waals surface area contributed by atoms with E-state index in [0.717, 1.165) is 5.69 Å². The van der Waals surface area contributed by atoms with E-state index in [1.165, 1.54) is 5.56 Å². The first-order chi connectivity index (χ1) is 6.98. The van der Waals surface area contributed by atoms with Gasteiger partial charge in [0.25, 0.3) is 0 Å². The van der Waals surface area contributed by atoms with Crippen LogP contribution in [0.1, 0.15) is 26.3 Å². The summed E-state index contributed by atoms with van der Waals surface area (Å²) in [6.45, 7) is 6.81. The average Bonchev–Trinajstić information content (AvgIpc) is 2.15. The number of hydrogen-bond donors (Lipinski definition) is 1. The summed E-state index contributed by atoms with van der Waals surface area (Å²) in [6.07, 6.45) is 0. The van der Waals surface area contributed by atoms with Crippen LogP contribution >= 0.6 is 0 Å². The van der Waals surface area contributed by atoms with Gasteiger partial charge in [0.15, 0.2) is 0 Å². The van der Waals surface area contributed by atoms with Crippen molar-refractivity contribution in [2.75, 3.05) is 5.32 Å². The molecule has 2 rings (SSSR count). The van der Waals surface area contributed by atoms with Gasteiger partial charge in [-0.1, -0.05) is 18.2 Å². The summed E-state index contributed by atoms with van der Waals surface area (Å²) in [4.78, 5) is 13.7. The summed E-state index contributed by atoms with van der Waals surface area (Å²) >= 11 is 0. The number of carbonyl (C=O) groups excluding carboxylic acids is 1. The molecule has 0 bridgehead atoms. The topological polar surface area (TPSA) is 32.3 Å². The molecule has 0 spiro atoms. The van der Waals surface area contributed by atoms with Crippen LogP contribution in [-0.4, -0.2) is 16.5 Å². The average molecular weight is 204 g/mol. The zero-order valence-electron chi connectivity index (χ0n) is 9.37. The molecule has 3 nitrogen and oxygen atoms in total. The fourth-order valence-electron chi connectivity index (χ4n) is 1.75. The predicted octanol–water partition coefficient (Wildman–Crippen LogP) is 2.83. The standard InChI is InChI=1S/C12H16N2O/c1-12(2,3)14-8-9-6-4-5-7-10(9)13-11(14)15/h4-7H,8H2,1-3H3,(H,13,15). The van der Waals surface area contributed by atoms with Crippen LogP contribution in [0.25, 0.3) is 0 Å². The number of hydrogen-bond acceptors (Lipinski definition) is 1. The van der Waals surface area contributed by atoms with Gasteiger partial charge in [-0.3, -0.25) is 0 Å². The van der Waals surface area contributed by atoms with Crippen LogP contribution in [0.3, 0.4) is 0 Å². The highest BCUT2D eigenvalue weighted by atomic mass is 16.2. The molecule has 1 aromatic carbocycles. The van der Waals surface area contributed by atoms with Crippen LogP contribution in [0.5, 0.6) is 0 Å². The minimum atomic E-state index is -0.141. The van der Waals surface area contributed by atoms with E-state index in [9.17, 15) is 4.79 Å². The molecule has 0 aromatic heterocycles. The van der Waals surface area contributed by atoms with Crippen molar-refractivity contribution in [3.63, 3.8) is 0 Å². The largest absolute Gasteiger partial charge is 0.322 e. The fraction of sp³-hybridized carbons (Fsp3) is 0.417. The zero-order valence-corrected chi connectivity index (χ0v) is 9.37. The summed E-state index contributed by atoms with van der Waals surface area (Å²) in [5, 5.41) is 2.90. The molecule has 1 aromatic rings. The molecule has 0 aliphatic carbocycles. The Labute approximate surface area is 90.1 Å². The number of nitrogens with zero attached hydrogens (tertiary/aromatic N) is 1. The van der Waals surface area contributed by atoms with Gasteiger partial charge in [-0.05, 0) is 32.4 Å². The molecule has 0 fully saturated rings. The van der Waals surface area contributed by atoms with Crippen molar-refractivity contribution in [2.45, 2.75) is 32.9 Å². The van der Waals surface area contributed by atoms with E-state index in [1.807, 2.05) is 49.9 Å². The predicted molar refractivity (Wildman–Crippen MR) is 60.8 cm³/mol. The first-order valence-corrected chi connectivity index (χ1v) is 5.15. The van der Waals surface area contributed by atoms with Crippen molar-refractivity contribution >= 4 is 11.7 Å². The molecule has 2 amide bonds. The van der Waals surface area contributed by atoms with E-state index < -0.39 is 0 Å². The zero-order chi connectivity index (χ0) is 11.1. The van der Waals surface area contributed by atoms with Crippen molar-refractivity contribution in [1.29, 1.82) is 0 Å². The molecular formula is C12H16N2O. The maximum Gasteiger partial charge on any atom is 0.322 e. The van der Waals surface area contributed by atoms with Crippen LogP contribution in [0.4, 0.5) is 10.5 Å². The Balaban J connectivity index is 2.34. The second-order valence-electron chi connectivity index (χ2n) is 4.84. The minimum absolute atomic E-state index is 0.0128. The van der Waals surface area contributed by atoms with Crippen LogP contribution in [-0.2, 0) is 6.54 Å².